The summed E-state index contributed by atoms with van der Waals surface area (Å²) in [5, 5.41) is 0. The third-order valence-electron chi connectivity index (χ3n) is 0.154. The molecule has 0 heterocycles. The zero-order valence-electron chi connectivity index (χ0n) is 2.58. The van der Waals surface area contributed by atoms with Gasteiger partial charge in [0.25, 0.3) is 0 Å². The lowest BCUT2D eigenvalue weighted by Gasteiger charge is -1.82. The predicted octanol–water partition coefficient (Wildman–Crippen LogP) is 1.55. The van der Waals surface area contributed by atoms with Crippen molar-refractivity contribution < 1.29 is 4.74 Å². The highest BCUT2D eigenvalue weighted by Crippen LogP contribution is 1.82. The Morgan fingerprint density at radius 2 is 2.40 bits per heavy atom. The molecule has 0 unspecified atom stereocenters. The molecule has 0 fully saturated rings. The van der Waals surface area contributed by atoms with E-state index in [2.05, 4.69) is 20.7 Å². The molecule has 0 amide bonds. The van der Waals surface area contributed by atoms with Gasteiger partial charge in [-0.2, -0.15) is 0 Å². The van der Waals surface area contributed by atoms with Crippen LogP contribution >= 0.6 is 27.5 Å². The molecule has 0 aromatic heterocycles. The first-order valence-electron chi connectivity index (χ1n) is 1.11. The molecule has 0 atom stereocenters. The van der Waals surface area contributed by atoms with Gasteiger partial charge >= 0.3 is 0 Å². The highest BCUT2D eigenvalue weighted by atomic mass is 79.9. The van der Waals surface area contributed by atoms with E-state index >= 15 is 0 Å². The Bertz CT molecular complexity index is 17.1. The van der Waals surface area contributed by atoms with Crippen molar-refractivity contribution in [2.75, 3.05) is 11.6 Å². The van der Waals surface area contributed by atoms with Crippen LogP contribution in [0.25, 0.3) is 0 Å². The molecule has 0 aromatic rings. The van der Waals surface area contributed by atoms with E-state index in [9.17, 15) is 0 Å². The Kier molecular flexibility index (Phi) is 5.42. The van der Waals surface area contributed by atoms with Crippen LogP contribution in [0.4, 0.5) is 0 Å². The summed E-state index contributed by atoms with van der Waals surface area (Å²) in [6.45, 7) is 0. The van der Waals surface area contributed by atoms with Gasteiger partial charge in [0, 0.05) is 0 Å². The molecule has 0 saturated heterocycles. The molecule has 0 N–H and O–H groups in total. The topological polar surface area (TPSA) is 9.23 Å². The summed E-state index contributed by atoms with van der Waals surface area (Å²) in [6.07, 6.45) is 0. The van der Waals surface area contributed by atoms with Crippen LogP contribution in [-0.2, 0) is 4.74 Å². The van der Waals surface area contributed by atoms with Gasteiger partial charge in [-0.25, -0.2) is 0 Å². The third-order valence-corrected chi connectivity index (χ3v) is 0.632. The number of halogens is 2. The van der Waals surface area contributed by atoms with Crippen molar-refractivity contribution in [1.29, 1.82) is 0 Å². The normalized spacial score (nSPS) is 8.40. The Morgan fingerprint density at radius 1 is 1.80 bits per heavy atom. The fraction of sp³-hybridized carbons (Fsp3) is 1.00. The lowest BCUT2D eigenvalue weighted by atomic mass is 11.5. The lowest BCUT2D eigenvalue weighted by Crippen LogP contribution is -1.77. The quantitative estimate of drug-likeness (QED) is 0.556. The minimum Gasteiger partial charge on any atom is -0.355 e. The van der Waals surface area contributed by atoms with Gasteiger partial charge in [0.2, 0.25) is 0 Å². The van der Waals surface area contributed by atoms with E-state index in [4.69, 9.17) is 11.6 Å². The van der Waals surface area contributed by atoms with Crippen molar-refractivity contribution in [2.24, 2.45) is 0 Å². The summed E-state index contributed by atoms with van der Waals surface area (Å²) in [7, 11) is 0. The fourth-order valence-corrected chi connectivity index (χ4v) is 0.455. The van der Waals surface area contributed by atoms with Crippen LogP contribution in [0.2, 0.25) is 0 Å². The molecule has 0 aliphatic carbocycles. The predicted molar refractivity (Wildman–Crippen MR) is 25.6 cm³/mol. The first-order valence-corrected chi connectivity index (χ1v) is 2.77. The summed E-state index contributed by atoms with van der Waals surface area (Å²) in [4.78, 5) is 0. The van der Waals surface area contributed by atoms with E-state index in [0.717, 1.165) is 0 Å². The zero-order valence-corrected chi connectivity index (χ0v) is 4.92. The van der Waals surface area contributed by atoms with Crippen molar-refractivity contribution in [3.05, 3.63) is 0 Å². The van der Waals surface area contributed by atoms with E-state index in [1.807, 2.05) is 0 Å². The molecular weight excluding hydrogens is 155 g/mol. The lowest BCUT2D eigenvalue weighted by molar-refractivity contribution is 0.240. The Morgan fingerprint density at radius 3 is 2.40 bits per heavy atom. The van der Waals surface area contributed by atoms with Gasteiger partial charge in [0.15, 0.2) is 0 Å². The molecule has 0 aliphatic heterocycles. The minimum absolute atomic E-state index is 0.269. The molecule has 0 saturated carbocycles. The van der Waals surface area contributed by atoms with Crippen LogP contribution in [0, 0.1) is 0 Å². The molecular formula is C2H4BrClO. The molecule has 32 valence electrons. The highest BCUT2D eigenvalue weighted by Gasteiger charge is 1.67. The average Bonchev–Trinajstić information content (AvgIpc) is 1.41. The van der Waals surface area contributed by atoms with Crippen molar-refractivity contribution in [3.63, 3.8) is 0 Å². The number of ether oxygens (including phenoxy) is 1. The number of rotatable bonds is 2. The Labute approximate surface area is 44.4 Å². The van der Waals surface area contributed by atoms with Crippen molar-refractivity contribution in [2.45, 2.75) is 0 Å². The largest absolute Gasteiger partial charge is 0.355 e. The second kappa shape index (κ2) is 4.73. The monoisotopic (exact) mass is 158 g/mol. The first-order chi connectivity index (χ1) is 2.41. The second-order valence-corrected chi connectivity index (χ2v) is 1.10. The van der Waals surface area contributed by atoms with E-state index in [1.54, 1.807) is 0 Å². The SMILES string of the molecule is ClCOCBr. The summed E-state index contributed by atoms with van der Waals surface area (Å²) < 4.78 is 4.52. The standard InChI is InChI=1S/C2H4BrClO/c3-1-5-2-4/h1-2H2. The van der Waals surface area contributed by atoms with Crippen molar-refractivity contribution in [3.8, 4) is 0 Å². The van der Waals surface area contributed by atoms with Gasteiger partial charge in [-0.05, 0) is 0 Å². The molecule has 3 heteroatoms. The van der Waals surface area contributed by atoms with Crippen LogP contribution in [0.3, 0.4) is 0 Å². The maximum atomic E-state index is 5.05. The van der Waals surface area contributed by atoms with E-state index in [1.165, 1.54) is 0 Å². The van der Waals surface area contributed by atoms with E-state index in [-0.39, 0.29) is 6.07 Å². The van der Waals surface area contributed by atoms with Gasteiger partial charge < -0.3 is 4.74 Å². The average molecular weight is 159 g/mol. The Balaban J connectivity index is 2.19. The van der Waals surface area contributed by atoms with Gasteiger partial charge in [-0.1, -0.05) is 27.5 Å². The van der Waals surface area contributed by atoms with Crippen molar-refractivity contribution in [1.82, 2.24) is 0 Å². The molecule has 0 aromatic carbocycles. The number of hydrogen-bond acceptors (Lipinski definition) is 1. The van der Waals surface area contributed by atoms with E-state index in [0.29, 0.717) is 5.52 Å². The van der Waals surface area contributed by atoms with Crippen molar-refractivity contribution >= 4 is 27.5 Å². The van der Waals surface area contributed by atoms with Crippen LogP contribution in [0.5, 0.6) is 0 Å². The minimum atomic E-state index is 0.269. The van der Waals surface area contributed by atoms with Gasteiger partial charge in [0.1, 0.15) is 11.6 Å². The fourth-order valence-electron chi connectivity index (χ4n) is 0.0292. The summed E-state index contributed by atoms with van der Waals surface area (Å²) in [5.74, 6) is 0. The van der Waals surface area contributed by atoms with Crippen LogP contribution < -0.4 is 0 Å². The molecule has 0 aliphatic rings. The first kappa shape index (κ1) is 5.73. The zero-order chi connectivity index (χ0) is 4.12. The molecule has 0 rings (SSSR count). The molecule has 0 radical (unpaired) electrons. The van der Waals surface area contributed by atoms with Gasteiger partial charge in [0.05, 0.1) is 0 Å². The maximum Gasteiger partial charge on any atom is 0.121 e. The molecule has 5 heavy (non-hydrogen) atoms. The van der Waals surface area contributed by atoms with Gasteiger partial charge in [-0.15, -0.1) is 0 Å². The van der Waals surface area contributed by atoms with Crippen LogP contribution in [0.1, 0.15) is 0 Å². The highest BCUT2D eigenvalue weighted by molar-refractivity contribution is 9.09. The van der Waals surface area contributed by atoms with Crippen LogP contribution in [0.15, 0.2) is 0 Å². The van der Waals surface area contributed by atoms with Crippen LogP contribution in [-0.4, -0.2) is 11.6 Å². The third kappa shape index (κ3) is 4.73. The number of hydrogen-bond donors (Lipinski definition) is 0. The van der Waals surface area contributed by atoms with Gasteiger partial charge in [-0.3, -0.25) is 0 Å². The smallest absolute Gasteiger partial charge is 0.121 e. The maximum absolute atomic E-state index is 5.05. The summed E-state index contributed by atoms with van der Waals surface area (Å²) in [5.41, 5.74) is 0.524. The Hall–Kier alpha value is 0.730. The second-order valence-electron chi connectivity index (χ2n) is 0.422. The summed E-state index contributed by atoms with van der Waals surface area (Å²) in [6, 6.07) is 0.269. The molecule has 1 nitrogen and oxygen atoms in total. The summed E-state index contributed by atoms with van der Waals surface area (Å²) >= 11 is 8.05. The molecule has 0 bridgehead atoms. The molecule has 0 spiro atoms. The number of alkyl halides is 2. The van der Waals surface area contributed by atoms with E-state index < -0.39 is 0 Å².